The number of ether oxygens (including phenoxy) is 1. The van der Waals surface area contributed by atoms with Crippen molar-refractivity contribution >= 4 is 51.3 Å². The van der Waals surface area contributed by atoms with Crippen molar-refractivity contribution in [2.75, 3.05) is 6.61 Å². The Morgan fingerprint density at radius 1 is 0.610 bits per heavy atom. The van der Waals surface area contributed by atoms with Crippen LogP contribution in [0.3, 0.4) is 0 Å². The number of nitrogens with zero attached hydrogens (tertiary/aromatic N) is 1. The molecule has 0 amide bonds. The van der Waals surface area contributed by atoms with Crippen molar-refractivity contribution in [2.45, 2.75) is 19.9 Å². The number of aliphatic imine (C=N–C) groups is 1. The van der Waals surface area contributed by atoms with Crippen LogP contribution >= 0.6 is 7.92 Å². The summed E-state index contributed by atoms with van der Waals surface area (Å²) in [5, 5.41) is 8.93. The number of rotatable bonds is 6. The van der Waals surface area contributed by atoms with E-state index in [2.05, 4.69) is 147 Å². The quantitative estimate of drug-likeness (QED) is 0.192. The van der Waals surface area contributed by atoms with Gasteiger partial charge in [0.15, 0.2) is 0 Å². The van der Waals surface area contributed by atoms with E-state index in [1.165, 1.54) is 48.6 Å². The van der Waals surface area contributed by atoms with Crippen LogP contribution in [-0.4, -0.2) is 18.5 Å². The molecule has 2 nitrogen and oxygen atoms in total. The van der Waals surface area contributed by atoms with Crippen LogP contribution in [0, 0.1) is 5.92 Å². The van der Waals surface area contributed by atoms with Gasteiger partial charge in [0.25, 0.3) is 0 Å². The van der Waals surface area contributed by atoms with E-state index in [4.69, 9.17) is 9.73 Å². The van der Waals surface area contributed by atoms with Gasteiger partial charge in [0.2, 0.25) is 5.90 Å². The van der Waals surface area contributed by atoms with Gasteiger partial charge in [-0.15, -0.1) is 0 Å². The molecule has 0 radical (unpaired) electrons. The zero-order valence-corrected chi connectivity index (χ0v) is 24.3. The van der Waals surface area contributed by atoms with Crippen molar-refractivity contribution < 1.29 is 4.74 Å². The lowest BCUT2D eigenvalue weighted by molar-refractivity contribution is 0.292. The first-order valence-electron chi connectivity index (χ1n) is 14.3. The van der Waals surface area contributed by atoms with Crippen LogP contribution in [0.1, 0.15) is 19.4 Å². The third-order valence-corrected chi connectivity index (χ3v) is 10.5. The van der Waals surface area contributed by atoms with Crippen LogP contribution in [0.15, 0.2) is 138 Å². The van der Waals surface area contributed by atoms with Crippen molar-refractivity contribution in [3.05, 3.63) is 139 Å². The molecule has 200 valence electrons. The van der Waals surface area contributed by atoms with Gasteiger partial charge in [-0.2, -0.15) is 0 Å². The number of hydrogen-bond acceptors (Lipinski definition) is 2. The van der Waals surface area contributed by atoms with E-state index < -0.39 is 7.92 Å². The molecule has 1 aliphatic heterocycles. The van der Waals surface area contributed by atoms with Gasteiger partial charge >= 0.3 is 0 Å². The predicted octanol–water partition coefficient (Wildman–Crippen LogP) is 8.22. The second kappa shape index (κ2) is 11.0. The van der Waals surface area contributed by atoms with Gasteiger partial charge < -0.3 is 4.74 Å². The molecule has 0 saturated heterocycles. The zero-order valence-electron chi connectivity index (χ0n) is 23.4. The second-order valence-corrected chi connectivity index (χ2v) is 13.1. The third kappa shape index (κ3) is 4.73. The van der Waals surface area contributed by atoms with Crippen molar-refractivity contribution in [2.24, 2.45) is 10.9 Å². The van der Waals surface area contributed by atoms with Gasteiger partial charge in [-0.3, -0.25) is 0 Å². The molecule has 0 saturated carbocycles. The van der Waals surface area contributed by atoms with Gasteiger partial charge in [-0.05, 0) is 62.9 Å². The predicted molar refractivity (Wildman–Crippen MR) is 177 cm³/mol. The van der Waals surface area contributed by atoms with Gasteiger partial charge in [0, 0.05) is 11.1 Å². The Morgan fingerprint density at radius 3 is 1.73 bits per heavy atom. The molecule has 0 spiro atoms. The van der Waals surface area contributed by atoms with Gasteiger partial charge in [0.05, 0.1) is 6.04 Å². The van der Waals surface area contributed by atoms with Crippen LogP contribution in [0.5, 0.6) is 0 Å². The first-order valence-corrected chi connectivity index (χ1v) is 15.7. The highest BCUT2D eigenvalue weighted by atomic mass is 31.1. The third-order valence-electron chi connectivity index (χ3n) is 8.03. The molecule has 3 heteroatoms. The van der Waals surface area contributed by atoms with E-state index in [0.717, 1.165) is 11.5 Å². The highest BCUT2D eigenvalue weighted by molar-refractivity contribution is 7.80. The van der Waals surface area contributed by atoms with Crippen molar-refractivity contribution in [3.63, 3.8) is 0 Å². The summed E-state index contributed by atoms with van der Waals surface area (Å²) in [6, 6.07) is 48.7. The first-order chi connectivity index (χ1) is 20.2. The molecule has 0 bridgehead atoms. The number of benzene rings is 6. The van der Waals surface area contributed by atoms with E-state index in [-0.39, 0.29) is 6.04 Å². The summed E-state index contributed by atoms with van der Waals surface area (Å²) in [7, 11) is -0.843. The molecule has 6 aromatic rings. The summed E-state index contributed by atoms with van der Waals surface area (Å²) in [4.78, 5) is 5.12. The topological polar surface area (TPSA) is 21.6 Å². The number of fused-ring (bicyclic) bond motifs is 2. The van der Waals surface area contributed by atoms with Gasteiger partial charge in [0.1, 0.15) is 6.61 Å². The monoisotopic (exact) mass is 549 g/mol. The largest absolute Gasteiger partial charge is 0.475 e. The van der Waals surface area contributed by atoms with Crippen LogP contribution in [0.4, 0.5) is 0 Å². The van der Waals surface area contributed by atoms with E-state index in [1.54, 1.807) is 0 Å². The van der Waals surface area contributed by atoms with E-state index >= 15 is 0 Å². The van der Waals surface area contributed by atoms with Gasteiger partial charge in [-0.25, -0.2) is 4.99 Å². The maximum atomic E-state index is 6.36. The zero-order chi connectivity index (χ0) is 27.8. The molecular formula is C38H32NOP. The lowest BCUT2D eigenvalue weighted by Gasteiger charge is -2.25. The maximum Gasteiger partial charge on any atom is 0.217 e. The average Bonchev–Trinajstić information content (AvgIpc) is 3.53. The molecule has 0 aliphatic carbocycles. The SMILES string of the molecule is CC(C)[C@H]1COC(c2ccc3ccccc3c2-c2c(P(c3ccccc3)c3ccccc3)ccc3ccccc23)=N1. The van der Waals surface area contributed by atoms with Crippen LogP contribution in [0.2, 0.25) is 0 Å². The minimum absolute atomic E-state index is 0.169. The Hall–Kier alpha value is -4.26. The summed E-state index contributed by atoms with van der Waals surface area (Å²) in [6.07, 6.45) is 0. The summed E-state index contributed by atoms with van der Waals surface area (Å²) in [5.74, 6) is 1.18. The molecule has 1 aliphatic rings. The first kappa shape index (κ1) is 25.7. The van der Waals surface area contributed by atoms with Crippen molar-refractivity contribution in [1.29, 1.82) is 0 Å². The maximum absolute atomic E-state index is 6.36. The molecule has 6 aromatic carbocycles. The molecule has 1 heterocycles. The molecule has 0 aromatic heterocycles. The molecule has 1 atom stereocenters. The van der Waals surface area contributed by atoms with Crippen molar-refractivity contribution in [1.82, 2.24) is 0 Å². The highest BCUT2D eigenvalue weighted by Crippen LogP contribution is 2.44. The fraction of sp³-hybridized carbons (Fsp3) is 0.132. The molecule has 0 N–H and O–H groups in total. The van der Waals surface area contributed by atoms with Gasteiger partial charge in [-0.1, -0.05) is 141 Å². The summed E-state index contributed by atoms with van der Waals surface area (Å²) >= 11 is 0. The fourth-order valence-electron chi connectivity index (χ4n) is 5.89. The van der Waals surface area contributed by atoms with Crippen LogP contribution in [0.25, 0.3) is 32.7 Å². The highest BCUT2D eigenvalue weighted by Gasteiger charge is 2.29. The van der Waals surface area contributed by atoms with E-state index in [9.17, 15) is 0 Å². The van der Waals surface area contributed by atoms with Crippen LogP contribution < -0.4 is 15.9 Å². The normalized spacial score (nSPS) is 15.0. The Labute approximate surface area is 243 Å². The minimum atomic E-state index is -0.843. The molecule has 7 rings (SSSR count). The molecule has 0 unspecified atom stereocenters. The minimum Gasteiger partial charge on any atom is -0.475 e. The smallest absolute Gasteiger partial charge is 0.217 e. The Bertz CT molecular complexity index is 1840. The Balaban J connectivity index is 1.60. The standard InChI is InChI=1S/C38H32NOP/c1-26(2)34-25-40-38(39-34)33-23-21-27-13-9-11-19-31(27)36(33)37-32-20-12-10-14-28(32)22-24-35(37)41(29-15-5-3-6-16-29)30-17-7-4-8-18-30/h3-24,26,34H,25H2,1-2H3/t34-/m1/s1. The lowest BCUT2D eigenvalue weighted by atomic mass is 9.90. The Kier molecular flexibility index (Phi) is 6.87. The summed E-state index contributed by atoms with van der Waals surface area (Å²) in [6.45, 7) is 5.07. The van der Waals surface area contributed by atoms with Crippen molar-refractivity contribution in [3.8, 4) is 11.1 Å². The van der Waals surface area contributed by atoms with E-state index in [0.29, 0.717) is 12.5 Å². The average molecular weight is 550 g/mol. The second-order valence-electron chi connectivity index (χ2n) is 11.0. The summed E-state index contributed by atoms with van der Waals surface area (Å²) in [5.41, 5.74) is 3.55. The van der Waals surface area contributed by atoms with E-state index in [1.807, 2.05) is 0 Å². The summed E-state index contributed by atoms with van der Waals surface area (Å²) < 4.78 is 6.36. The molecular weight excluding hydrogens is 517 g/mol. The fourth-order valence-corrected chi connectivity index (χ4v) is 8.36. The number of hydrogen-bond donors (Lipinski definition) is 0. The molecule has 0 fully saturated rings. The Morgan fingerprint density at radius 2 is 1.15 bits per heavy atom. The van der Waals surface area contributed by atoms with Crippen LogP contribution in [-0.2, 0) is 4.74 Å². The lowest BCUT2D eigenvalue weighted by Crippen LogP contribution is -2.23. The molecule has 41 heavy (non-hydrogen) atoms.